The Labute approximate surface area is 210 Å². The van der Waals surface area contributed by atoms with E-state index in [1.165, 1.54) is 6.42 Å². The average Bonchev–Trinajstić information content (AvgIpc) is 3.47. The van der Waals surface area contributed by atoms with Crippen LogP contribution in [0.3, 0.4) is 0 Å². The van der Waals surface area contributed by atoms with Gasteiger partial charge in [-0.1, -0.05) is 19.3 Å². The van der Waals surface area contributed by atoms with Gasteiger partial charge in [0.05, 0.1) is 31.0 Å². The Morgan fingerprint density at radius 1 is 1.14 bits per heavy atom. The molecule has 35 heavy (non-hydrogen) atoms. The smallest absolute Gasteiger partial charge is 0.271 e. The van der Waals surface area contributed by atoms with Gasteiger partial charge in [0.25, 0.3) is 5.91 Å². The first-order valence-electron chi connectivity index (χ1n) is 12.3. The molecule has 0 radical (unpaired) electrons. The largest absolute Gasteiger partial charge is 0.497 e. The number of aromatic nitrogens is 1. The standard InChI is InChI=1S/C27H33N3O4S/c1-27(26(32)28-19-7-5-4-6-8-19)17-29-21-12-14-35-24(21)16-22(29)25(31)30(27)13-11-18-15-20(33-2)9-10-23(18)34-3/h9-10,12,14-16,19H,4-8,11,13,17H2,1-3H3,(H,28,32). The summed E-state index contributed by atoms with van der Waals surface area (Å²) in [6, 6.07) is 9.84. The van der Waals surface area contributed by atoms with Gasteiger partial charge in [0.1, 0.15) is 22.7 Å². The number of benzene rings is 1. The number of hydrogen-bond donors (Lipinski definition) is 1. The van der Waals surface area contributed by atoms with Crippen LogP contribution in [0.4, 0.5) is 0 Å². The molecule has 1 aromatic carbocycles. The maximum absolute atomic E-state index is 13.9. The lowest BCUT2D eigenvalue weighted by Gasteiger charge is -2.45. The molecule has 1 unspecified atom stereocenters. The minimum absolute atomic E-state index is 0.0712. The summed E-state index contributed by atoms with van der Waals surface area (Å²) in [4.78, 5) is 29.5. The first-order chi connectivity index (χ1) is 16.9. The van der Waals surface area contributed by atoms with Crippen molar-refractivity contribution in [3.63, 3.8) is 0 Å². The lowest BCUT2D eigenvalue weighted by molar-refractivity contribution is -0.133. The molecule has 0 saturated heterocycles. The fourth-order valence-corrected chi connectivity index (χ4v) is 6.34. The number of rotatable bonds is 7. The van der Waals surface area contributed by atoms with Crippen LogP contribution in [0.2, 0.25) is 0 Å². The predicted octanol–water partition coefficient (Wildman–Crippen LogP) is 4.63. The minimum atomic E-state index is -0.998. The number of carbonyl (C=O) groups excluding carboxylic acids is 2. The molecule has 8 heteroatoms. The summed E-state index contributed by atoms with van der Waals surface area (Å²) in [6.07, 6.45) is 6.04. The second-order valence-corrected chi connectivity index (χ2v) is 10.7. The van der Waals surface area contributed by atoms with E-state index in [2.05, 4.69) is 5.32 Å². The number of hydrogen-bond acceptors (Lipinski definition) is 5. The van der Waals surface area contributed by atoms with Crippen molar-refractivity contribution in [3.05, 3.63) is 47.0 Å². The molecule has 0 spiro atoms. The van der Waals surface area contributed by atoms with E-state index in [-0.39, 0.29) is 17.9 Å². The van der Waals surface area contributed by atoms with E-state index in [0.717, 1.165) is 53.0 Å². The third kappa shape index (κ3) is 4.29. The summed E-state index contributed by atoms with van der Waals surface area (Å²) >= 11 is 1.62. The number of carbonyl (C=O) groups is 2. The highest BCUT2D eigenvalue weighted by Crippen LogP contribution is 2.35. The third-order valence-corrected chi connectivity index (χ3v) is 8.42. The summed E-state index contributed by atoms with van der Waals surface area (Å²) in [5.41, 5.74) is 1.61. The molecule has 0 bridgehead atoms. The van der Waals surface area contributed by atoms with Crippen LogP contribution in [-0.4, -0.2) is 53.6 Å². The number of nitrogens with zero attached hydrogens (tertiary/aromatic N) is 2. The van der Waals surface area contributed by atoms with Gasteiger partial charge in [0.2, 0.25) is 5.91 Å². The molecule has 1 N–H and O–H groups in total. The summed E-state index contributed by atoms with van der Waals surface area (Å²) in [5.74, 6) is 1.30. The van der Waals surface area contributed by atoms with E-state index in [1.54, 1.807) is 30.5 Å². The Morgan fingerprint density at radius 2 is 1.94 bits per heavy atom. The zero-order valence-electron chi connectivity index (χ0n) is 20.6. The van der Waals surface area contributed by atoms with E-state index in [9.17, 15) is 9.59 Å². The van der Waals surface area contributed by atoms with Gasteiger partial charge in [-0.3, -0.25) is 9.59 Å². The summed E-state index contributed by atoms with van der Waals surface area (Å²) < 4.78 is 14.1. The van der Waals surface area contributed by atoms with Gasteiger partial charge >= 0.3 is 0 Å². The van der Waals surface area contributed by atoms with Crippen LogP contribution in [0.1, 0.15) is 55.1 Å². The SMILES string of the molecule is COc1ccc(OC)c(CCN2C(=O)c3cc4sccc4n3CC2(C)C(=O)NC2CCCCC2)c1. The van der Waals surface area contributed by atoms with Gasteiger partial charge in [-0.05, 0) is 67.5 Å². The number of thiophene rings is 1. The van der Waals surface area contributed by atoms with Gasteiger partial charge in [-0.25, -0.2) is 0 Å². The Morgan fingerprint density at radius 3 is 2.69 bits per heavy atom. The normalized spacial score (nSPS) is 20.7. The van der Waals surface area contributed by atoms with Crippen molar-refractivity contribution in [1.29, 1.82) is 0 Å². The minimum Gasteiger partial charge on any atom is -0.497 e. The van der Waals surface area contributed by atoms with Gasteiger partial charge in [-0.15, -0.1) is 11.3 Å². The molecule has 3 heterocycles. The Hall–Kier alpha value is -3.00. The monoisotopic (exact) mass is 495 g/mol. The van der Waals surface area contributed by atoms with E-state index in [1.807, 2.05) is 47.2 Å². The van der Waals surface area contributed by atoms with Crippen LogP contribution in [-0.2, 0) is 17.8 Å². The first kappa shape index (κ1) is 23.7. The molecule has 1 aliphatic carbocycles. The second-order valence-electron chi connectivity index (χ2n) is 9.75. The highest BCUT2D eigenvalue weighted by Gasteiger charge is 2.48. The third-order valence-electron chi connectivity index (χ3n) is 7.57. The molecule has 1 aliphatic heterocycles. The van der Waals surface area contributed by atoms with Gasteiger partial charge in [0.15, 0.2) is 0 Å². The van der Waals surface area contributed by atoms with Crippen LogP contribution < -0.4 is 14.8 Å². The highest BCUT2D eigenvalue weighted by atomic mass is 32.1. The fourth-order valence-electron chi connectivity index (χ4n) is 5.52. The van der Waals surface area contributed by atoms with Gasteiger partial charge < -0.3 is 24.3 Å². The van der Waals surface area contributed by atoms with Gasteiger partial charge in [0, 0.05) is 12.6 Å². The van der Waals surface area contributed by atoms with Crippen LogP contribution in [0, 0.1) is 0 Å². The van der Waals surface area contributed by atoms with Crippen molar-refractivity contribution in [3.8, 4) is 11.5 Å². The zero-order chi connectivity index (χ0) is 24.6. The Bertz CT molecular complexity index is 1240. The zero-order valence-corrected chi connectivity index (χ0v) is 21.5. The highest BCUT2D eigenvalue weighted by molar-refractivity contribution is 7.17. The molecule has 7 nitrogen and oxygen atoms in total. The van der Waals surface area contributed by atoms with Crippen molar-refractivity contribution < 1.29 is 19.1 Å². The molecule has 2 amide bonds. The number of methoxy groups -OCH3 is 2. The predicted molar refractivity (Wildman–Crippen MR) is 138 cm³/mol. The fraction of sp³-hybridized carbons (Fsp3) is 0.481. The Balaban J connectivity index is 1.48. The number of amides is 2. The van der Waals surface area contributed by atoms with Crippen molar-refractivity contribution in [2.45, 2.75) is 63.6 Å². The number of nitrogens with one attached hydrogen (secondary N) is 1. The van der Waals surface area contributed by atoms with Crippen molar-refractivity contribution in [1.82, 2.24) is 14.8 Å². The van der Waals surface area contributed by atoms with Crippen molar-refractivity contribution >= 4 is 33.4 Å². The van der Waals surface area contributed by atoms with E-state index >= 15 is 0 Å². The summed E-state index contributed by atoms with van der Waals surface area (Å²) in [7, 11) is 3.27. The summed E-state index contributed by atoms with van der Waals surface area (Å²) in [5, 5.41) is 5.33. The molecule has 2 aliphatic rings. The van der Waals surface area contributed by atoms with Crippen LogP contribution in [0.5, 0.6) is 11.5 Å². The number of fused-ring (bicyclic) bond motifs is 3. The van der Waals surface area contributed by atoms with Crippen LogP contribution >= 0.6 is 11.3 Å². The van der Waals surface area contributed by atoms with E-state index in [4.69, 9.17) is 9.47 Å². The molecular formula is C27H33N3O4S. The van der Waals surface area contributed by atoms with Crippen molar-refractivity contribution in [2.75, 3.05) is 20.8 Å². The average molecular weight is 496 g/mol. The quantitative estimate of drug-likeness (QED) is 0.519. The van der Waals surface area contributed by atoms with E-state index < -0.39 is 5.54 Å². The maximum atomic E-state index is 13.9. The molecule has 3 aromatic rings. The summed E-state index contributed by atoms with van der Waals surface area (Å²) in [6.45, 7) is 2.74. The molecule has 1 atom stereocenters. The van der Waals surface area contributed by atoms with E-state index in [0.29, 0.717) is 25.2 Å². The Kier molecular flexibility index (Phi) is 6.49. The van der Waals surface area contributed by atoms with Crippen LogP contribution in [0.15, 0.2) is 35.7 Å². The van der Waals surface area contributed by atoms with Gasteiger partial charge in [-0.2, -0.15) is 0 Å². The molecule has 2 aromatic heterocycles. The number of ether oxygens (including phenoxy) is 2. The molecular weight excluding hydrogens is 462 g/mol. The van der Waals surface area contributed by atoms with Crippen molar-refractivity contribution in [2.24, 2.45) is 0 Å². The molecule has 5 rings (SSSR count). The lowest BCUT2D eigenvalue weighted by atomic mass is 9.91. The van der Waals surface area contributed by atoms with Crippen LogP contribution in [0.25, 0.3) is 10.2 Å². The molecule has 1 fully saturated rings. The lowest BCUT2D eigenvalue weighted by Crippen LogP contribution is -2.65. The maximum Gasteiger partial charge on any atom is 0.271 e. The molecule has 1 saturated carbocycles. The molecule has 186 valence electrons. The first-order valence-corrected chi connectivity index (χ1v) is 13.2. The topological polar surface area (TPSA) is 72.8 Å². The second kappa shape index (κ2) is 9.57.